The quantitative estimate of drug-likeness (QED) is 0.847. The number of carboxylic acid groups (broad SMARTS) is 1. The van der Waals surface area contributed by atoms with Gasteiger partial charge in [0.25, 0.3) is 0 Å². The predicted octanol–water partition coefficient (Wildman–Crippen LogP) is 3.56. The number of nitrogens with one attached hydrogen (secondary N) is 1. The van der Waals surface area contributed by atoms with Crippen LogP contribution in [0.25, 0.3) is 0 Å². The maximum Gasteiger partial charge on any atom is 0.335 e. The highest BCUT2D eigenvalue weighted by Crippen LogP contribution is 2.28. The van der Waals surface area contributed by atoms with Crippen molar-refractivity contribution in [3.05, 3.63) is 56.7 Å². The lowest BCUT2D eigenvalue weighted by Gasteiger charge is -2.10. The second-order valence-corrected chi connectivity index (χ2v) is 6.66. The van der Waals surface area contributed by atoms with Crippen molar-refractivity contribution >= 4 is 34.8 Å². The lowest BCUT2D eigenvalue weighted by atomic mass is 10.1. The summed E-state index contributed by atoms with van der Waals surface area (Å²) in [6, 6.07) is 10.4. The van der Waals surface area contributed by atoms with Crippen LogP contribution in [0.5, 0.6) is 0 Å². The summed E-state index contributed by atoms with van der Waals surface area (Å²) < 4.78 is 0.667. The summed E-state index contributed by atoms with van der Waals surface area (Å²) in [6.45, 7) is 2.30. The number of aromatic carboxylic acids is 1. The van der Waals surface area contributed by atoms with Gasteiger partial charge in [-0.25, -0.2) is 4.79 Å². The Labute approximate surface area is 137 Å². The van der Waals surface area contributed by atoms with Crippen LogP contribution < -0.4 is 5.32 Å². The summed E-state index contributed by atoms with van der Waals surface area (Å²) in [5, 5.41) is 11.8. The molecule has 0 saturated heterocycles. The fourth-order valence-electron chi connectivity index (χ4n) is 2.03. The number of halogens is 1. The summed E-state index contributed by atoms with van der Waals surface area (Å²) in [5.41, 5.74) is 1.14. The highest BCUT2D eigenvalue weighted by Gasteiger charge is 2.16. The zero-order valence-corrected chi connectivity index (χ0v) is 13.6. The van der Waals surface area contributed by atoms with Crippen LogP contribution in [0.15, 0.2) is 36.4 Å². The minimum Gasteiger partial charge on any atom is -0.478 e. The van der Waals surface area contributed by atoms with E-state index in [2.05, 4.69) is 5.32 Å². The molecule has 0 aliphatic rings. The molecule has 1 unspecified atom stereocenters. The molecule has 0 radical (unpaired) electrons. The molecule has 2 N–H and O–H groups in total. The first-order valence-corrected chi connectivity index (χ1v) is 8.02. The van der Waals surface area contributed by atoms with Crippen LogP contribution in [-0.4, -0.2) is 23.5 Å². The van der Waals surface area contributed by atoms with Gasteiger partial charge in [0, 0.05) is 11.4 Å². The van der Waals surface area contributed by atoms with Crippen molar-refractivity contribution in [3.63, 3.8) is 0 Å². The van der Waals surface area contributed by atoms with E-state index in [4.69, 9.17) is 16.7 Å². The maximum absolute atomic E-state index is 12.1. The van der Waals surface area contributed by atoms with E-state index in [1.165, 1.54) is 11.3 Å². The zero-order chi connectivity index (χ0) is 16.1. The number of carboxylic acids is 1. The molecule has 0 spiro atoms. The van der Waals surface area contributed by atoms with Crippen LogP contribution in [0.2, 0.25) is 4.34 Å². The molecule has 2 rings (SSSR count). The van der Waals surface area contributed by atoms with Crippen molar-refractivity contribution in [2.24, 2.45) is 0 Å². The SMILES string of the molecule is CC(C(=O)NCCc1cccc(C(=O)O)c1)c1ccc(Cl)s1. The van der Waals surface area contributed by atoms with Gasteiger partial charge < -0.3 is 10.4 Å². The molecular formula is C16H16ClNO3S. The third kappa shape index (κ3) is 4.32. The zero-order valence-electron chi connectivity index (χ0n) is 12.0. The van der Waals surface area contributed by atoms with Crippen molar-refractivity contribution in [1.82, 2.24) is 5.32 Å². The number of rotatable bonds is 6. The number of thiophene rings is 1. The van der Waals surface area contributed by atoms with Gasteiger partial charge in [-0.05, 0) is 43.2 Å². The van der Waals surface area contributed by atoms with Gasteiger partial charge in [0.1, 0.15) is 0 Å². The Bertz CT molecular complexity index is 684. The molecule has 0 fully saturated rings. The summed E-state index contributed by atoms with van der Waals surface area (Å²) in [4.78, 5) is 23.9. The topological polar surface area (TPSA) is 66.4 Å². The van der Waals surface area contributed by atoms with Crippen molar-refractivity contribution in [3.8, 4) is 0 Å². The van der Waals surface area contributed by atoms with Crippen molar-refractivity contribution in [1.29, 1.82) is 0 Å². The number of carbonyl (C=O) groups is 2. The lowest BCUT2D eigenvalue weighted by molar-refractivity contribution is -0.122. The number of hydrogen-bond donors (Lipinski definition) is 2. The van der Waals surface area contributed by atoms with Gasteiger partial charge in [0.15, 0.2) is 0 Å². The molecule has 1 amide bonds. The molecule has 0 aliphatic carbocycles. The normalized spacial score (nSPS) is 11.9. The minimum atomic E-state index is -0.950. The molecule has 0 bridgehead atoms. The second kappa shape index (κ2) is 7.42. The fourth-order valence-corrected chi connectivity index (χ4v) is 3.14. The van der Waals surface area contributed by atoms with Crippen LogP contribution in [-0.2, 0) is 11.2 Å². The number of hydrogen-bond acceptors (Lipinski definition) is 3. The molecule has 1 heterocycles. The Morgan fingerprint density at radius 3 is 2.73 bits per heavy atom. The summed E-state index contributed by atoms with van der Waals surface area (Å²) in [7, 11) is 0. The third-order valence-corrected chi connectivity index (χ3v) is 4.71. The molecule has 0 aliphatic heterocycles. The van der Waals surface area contributed by atoms with E-state index in [-0.39, 0.29) is 17.4 Å². The first kappa shape index (κ1) is 16.5. The van der Waals surface area contributed by atoms with Gasteiger partial charge in [-0.1, -0.05) is 23.7 Å². The Kier molecular flexibility index (Phi) is 5.57. The van der Waals surface area contributed by atoms with Gasteiger partial charge in [0.05, 0.1) is 15.8 Å². The Morgan fingerprint density at radius 2 is 2.09 bits per heavy atom. The molecular weight excluding hydrogens is 322 g/mol. The van der Waals surface area contributed by atoms with Crippen LogP contribution in [0.1, 0.15) is 33.6 Å². The van der Waals surface area contributed by atoms with E-state index in [0.717, 1.165) is 10.4 Å². The molecule has 0 saturated carbocycles. The first-order valence-electron chi connectivity index (χ1n) is 6.82. The summed E-state index contributed by atoms with van der Waals surface area (Å²) >= 11 is 7.27. The lowest BCUT2D eigenvalue weighted by Crippen LogP contribution is -2.29. The molecule has 1 aromatic carbocycles. The summed E-state index contributed by atoms with van der Waals surface area (Å²) in [5.74, 6) is -1.26. The maximum atomic E-state index is 12.1. The highest BCUT2D eigenvalue weighted by molar-refractivity contribution is 7.16. The number of benzene rings is 1. The minimum absolute atomic E-state index is 0.0621. The van der Waals surface area contributed by atoms with Gasteiger partial charge in [-0.3, -0.25) is 4.79 Å². The number of carbonyl (C=O) groups excluding carboxylic acids is 1. The Hall–Kier alpha value is -1.85. The van der Waals surface area contributed by atoms with E-state index >= 15 is 0 Å². The predicted molar refractivity (Wildman–Crippen MR) is 87.9 cm³/mol. The van der Waals surface area contributed by atoms with Crippen LogP contribution in [0, 0.1) is 0 Å². The molecule has 22 heavy (non-hydrogen) atoms. The Morgan fingerprint density at radius 1 is 1.32 bits per heavy atom. The molecule has 1 aromatic heterocycles. The van der Waals surface area contributed by atoms with Gasteiger partial charge >= 0.3 is 5.97 Å². The van der Waals surface area contributed by atoms with Gasteiger partial charge in [0.2, 0.25) is 5.91 Å². The van der Waals surface area contributed by atoms with Crippen molar-refractivity contribution in [2.75, 3.05) is 6.54 Å². The molecule has 6 heteroatoms. The average molecular weight is 338 g/mol. The molecule has 2 aromatic rings. The second-order valence-electron chi connectivity index (χ2n) is 4.91. The van der Waals surface area contributed by atoms with Gasteiger partial charge in [-0.15, -0.1) is 11.3 Å². The van der Waals surface area contributed by atoms with Gasteiger partial charge in [-0.2, -0.15) is 0 Å². The third-order valence-electron chi connectivity index (χ3n) is 3.30. The molecule has 1 atom stereocenters. The van der Waals surface area contributed by atoms with Crippen LogP contribution in [0.4, 0.5) is 0 Å². The fraction of sp³-hybridized carbons (Fsp3) is 0.250. The van der Waals surface area contributed by atoms with E-state index in [9.17, 15) is 9.59 Å². The standard InChI is InChI=1S/C16H16ClNO3S/c1-10(13-5-6-14(17)22-13)15(19)18-8-7-11-3-2-4-12(9-11)16(20)21/h2-6,9-10H,7-8H2,1H3,(H,18,19)(H,20,21). The smallest absolute Gasteiger partial charge is 0.335 e. The average Bonchev–Trinajstić information content (AvgIpc) is 2.93. The molecule has 116 valence electrons. The van der Waals surface area contributed by atoms with E-state index in [1.54, 1.807) is 24.3 Å². The summed E-state index contributed by atoms with van der Waals surface area (Å²) in [6.07, 6.45) is 0.588. The largest absolute Gasteiger partial charge is 0.478 e. The number of amides is 1. The van der Waals surface area contributed by atoms with Crippen LogP contribution >= 0.6 is 22.9 Å². The van der Waals surface area contributed by atoms with E-state index < -0.39 is 5.97 Å². The highest BCUT2D eigenvalue weighted by atomic mass is 35.5. The van der Waals surface area contributed by atoms with E-state index in [0.29, 0.717) is 17.3 Å². The Balaban J connectivity index is 1.86. The van der Waals surface area contributed by atoms with Crippen LogP contribution in [0.3, 0.4) is 0 Å². The monoisotopic (exact) mass is 337 g/mol. The first-order chi connectivity index (χ1) is 10.5. The van der Waals surface area contributed by atoms with Crippen molar-refractivity contribution in [2.45, 2.75) is 19.3 Å². The van der Waals surface area contributed by atoms with Crippen molar-refractivity contribution < 1.29 is 14.7 Å². The molecule has 4 nitrogen and oxygen atoms in total. The van der Waals surface area contributed by atoms with E-state index in [1.807, 2.05) is 19.1 Å².